The normalized spacial score (nSPS) is 11.0. The Balaban J connectivity index is 4.76. The van der Waals surface area contributed by atoms with Crippen molar-refractivity contribution in [3.05, 3.63) is 0 Å². The van der Waals surface area contributed by atoms with Gasteiger partial charge in [0.25, 0.3) is 0 Å². The van der Waals surface area contributed by atoms with Crippen LogP contribution < -0.4 is 0 Å². The Morgan fingerprint density at radius 2 is 1.25 bits per heavy atom. The van der Waals surface area contributed by atoms with Gasteiger partial charge in [-0.2, -0.15) is 0 Å². The number of hydrogen-bond acceptors (Lipinski definition) is 1. The van der Waals surface area contributed by atoms with Gasteiger partial charge in [-0.25, -0.2) is 0 Å². The quantitative estimate of drug-likeness (QED) is 0.473. The lowest BCUT2D eigenvalue weighted by Crippen LogP contribution is -2.44. The summed E-state index contributed by atoms with van der Waals surface area (Å²) in [5.74, 6) is 0. The van der Waals surface area contributed by atoms with Crippen molar-refractivity contribution in [3.8, 4) is 35.9 Å². The van der Waals surface area contributed by atoms with Crippen LogP contribution in [-0.4, -0.2) is 16.6 Å². The highest BCUT2D eigenvalue weighted by Gasteiger charge is 2.34. The molecule has 3 heteroatoms. The molecule has 0 N–H and O–H groups in total. The average molecular weight is 192 g/mol. The van der Waals surface area contributed by atoms with Crippen molar-refractivity contribution in [1.29, 1.82) is 0 Å². The summed E-state index contributed by atoms with van der Waals surface area (Å²) in [4.78, 5) is 0. The van der Waals surface area contributed by atoms with E-state index >= 15 is 0 Å². The van der Waals surface area contributed by atoms with Gasteiger partial charge in [0.15, 0.2) is 8.32 Å². The summed E-state index contributed by atoms with van der Waals surface area (Å²) in [6.45, 7) is 6.04. The maximum Gasteiger partial charge on any atom is 0.426 e. The van der Waals surface area contributed by atoms with Crippen molar-refractivity contribution in [3.63, 3.8) is 0 Å². The lowest BCUT2D eigenvalue weighted by molar-refractivity contribution is 0.583. The first-order chi connectivity index (χ1) is 5.39. The minimum atomic E-state index is -2.71. The maximum absolute atomic E-state index is 5.64. The monoisotopic (exact) mass is 192 g/mol. The molecule has 0 radical (unpaired) electrons. The molecule has 0 aliphatic heterocycles. The summed E-state index contributed by atoms with van der Waals surface area (Å²) < 4.78 is 5.64. The van der Waals surface area contributed by atoms with Gasteiger partial charge in [-0.05, 0) is 19.6 Å². The van der Waals surface area contributed by atoms with E-state index in [0.717, 1.165) is 0 Å². The molecule has 12 heavy (non-hydrogen) atoms. The second-order valence-electron chi connectivity index (χ2n) is 3.33. The highest BCUT2D eigenvalue weighted by molar-refractivity contribution is 7.00. The lowest BCUT2D eigenvalue weighted by Gasteiger charge is -2.24. The Kier molecular flexibility index (Phi) is 3.37. The summed E-state index contributed by atoms with van der Waals surface area (Å²) in [5, 5.41) is 0. The van der Waals surface area contributed by atoms with Crippen LogP contribution in [0, 0.1) is 35.9 Å². The Hall–Kier alpha value is -0.926. The Labute approximate surface area is 76.8 Å². The van der Waals surface area contributed by atoms with E-state index in [0.29, 0.717) is 0 Å². The molecule has 0 spiro atoms. The van der Waals surface area contributed by atoms with Crippen LogP contribution in [0.3, 0.4) is 0 Å². The first-order valence-corrected chi connectivity index (χ1v) is 8.84. The van der Waals surface area contributed by atoms with Gasteiger partial charge in [0.05, 0.1) is 0 Å². The zero-order valence-corrected chi connectivity index (χ0v) is 9.64. The predicted octanol–water partition coefficient (Wildman–Crippen LogP) is 1.30. The molecule has 0 saturated heterocycles. The third kappa shape index (κ3) is 2.99. The SMILES string of the molecule is C#C[Si](C#C)(C#C)O[Si](C)(C)C. The van der Waals surface area contributed by atoms with E-state index in [1.165, 1.54) is 0 Å². The van der Waals surface area contributed by atoms with Crippen LogP contribution in [0.5, 0.6) is 0 Å². The molecule has 0 unspecified atom stereocenters. The highest BCUT2D eigenvalue weighted by atomic mass is 28.4. The van der Waals surface area contributed by atoms with Gasteiger partial charge >= 0.3 is 8.32 Å². The van der Waals surface area contributed by atoms with E-state index < -0.39 is 16.6 Å². The summed E-state index contributed by atoms with van der Waals surface area (Å²) >= 11 is 0. The highest BCUT2D eigenvalue weighted by Crippen LogP contribution is 2.11. The van der Waals surface area contributed by atoms with E-state index in [2.05, 4.69) is 16.6 Å². The van der Waals surface area contributed by atoms with Gasteiger partial charge in [0.2, 0.25) is 0 Å². The van der Waals surface area contributed by atoms with E-state index in [1.807, 2.05) is 19.6 Å². The largest absolute Gasteiger partial charge is 0.430 e. The number of terminal acetylenes is 3. The molecule has 0 aliphatic rings. The molecule has 0 aromatic rings. The molecule has 0 atom stereocenters. The molecular formula is C9H12OSi2. The van der Waals surface area contributed by atoms with Crippen LogP contribution in [0.15, 0.2) is 0 Å². The molecule has 0 saturated carbocycles. The predicted molar refractivity (Wildman–Crippen MR) is 56.7 cm³/mol. The summed E-state index contributed by atoms with van der Waals surface area (Å²) in [7, 11) is -4.43. The molecule has 0 amide bonds. The molecule has 0 aromatic carbocycles. The molecule has 0 aliphatic carbocycles. The van der Waals surface area contributed by atoms with E-state index in [9.17, 15) is 0 Å². The first kappa shape index (κ1) is 11.1. The van der Waals surface area contributed by atoms with Gasteiger partial charge in [0, 0.05) is 0 Å². The van der Waals surface area contributed by atoms with Crippen LogP contribution in [0.4, 0.5) is 0 Å². The van der Waals surface area contributed by atoms with Crippen molar-refractivity contribution < 1.29 is 4.12 Å². The van der Waals surface area contributed by atoms with Crippen LogP contribution in [0.1, 0.15) is 0 Å². The van der Waals surface area contributed by atoms with Crippen LogP contribution in [0.25, 0.3) is 0 Å². The molecule has 0 heterocycles. The van der Waals surface area contributed by atoms with E-state index in [-0.39, 0.29) is 0 Å². The summed E-state index contributed by atoms with van der Waals surface area (Å²) in [6.07, 6.45) is 15.8. The van der Waals surface area contributed by atoms with E-state index in [1.54, 1.807) is 0 Å². The minimum absolute atomic E-state index is 1.72. The number of hydrogen-bond donors (Lipinski definition) is 0. The standard InChI is InChI=1S/C9H12OSi2/c1-7-12(8-2,9-3)10-11(4,5)6/h1-3H,4-6H3. The maximum atomic E-state index is 5.64. The zero-order chi connectivity index (χ0) is 9.83. The molecule has 0 rings (SSSR count). The van der Waals surface area contributed by atoms with Gasteiger partial charge in [-0.1, -0.05) is 16.6 Å². The van der Waals surface area contributed by atoms with Gasteiger partial charge in [-0.3, -0.25) is 0 Å². The Bertz CT molecular complexity index is 244. The van der Waals surface area contributed by atoms with Crippen molar-refractivity contribution in [2.75, 3.05) is 0 Å². The van der Waals surface area contributed by atoms with Gasteiger partial charge in [0.1, 0.15) is 0 Å². The fourth-order valence-corrected chi connectivity index (χ4v) is 5.30. The molecule has 62 valence electrons. The summed E-state index contributed by atoms with van der Waals surface area (Å²) in [5.41, 5.74) is 7.35. The fourth-order valence-electron chi connectivity index (χ4n) is 0.673. The second-order valence-corrected chi connectivity index (χ2v) is 10.6. The van der Waals surface area contributed by atoms with Crippen molar-refractivity contribution in [1.82, 2.24) is 0 Å². The second kappa shape index (κ2) is 3.65. The topological polar surface area (TPSA) is 9.23 Å². The van der Waals surface area contributed by atoms with Gasteiger partial charge < -0.3 is 4.12 Å². The molecule has 0 aromatic heterocycles. The van der Waals surface area contributed by atoms with Crippen molar-refractivity contribution in [2.45, 2.75) is 19.6 Å². The Morgan fingerprint density at radius 3 is 1.33 bits per heavy atom. The molecule has 0 fully saturated rings. The minimum Gasteiger partial charge on any atom is -0.430 e. The lowest BCUT2D eigenvalue weighted by atomic mass is 11.3. The molecule has 1 nitrogen and oxygen atoms in total. The van der Waals surface area contributed by atoms with Crippen LogP contribution in [-0.2, 0) is 4.12 Å². The van der Waals surface area contributed by atoms with Crippen molar-refractivity contribution in [2.24, 2.45) is 0 Å². The Morgan fingerprint density at radius 1 is 0.917 bits per heavy atom. The fraction of sp³-hybridized carbons (Fsp3) is 0.333. The van der Waals surface area contributed by atoms with E-state index in [4.69, 9.17) is 23.4 Å². The molecule has 0 bridgehead atoms. The zero-order valence-electron chi connectivity index (χ0n) is 7.64. The summed E-state index contributed by atoms with van der Waals surface area (Å²) in [6, 6.07) is 0. The van der Waals surface area contributed by atoms with Crippen molar-refractivity contribution >= 4 is 16.6 Å². The third-order valence-electron chi connectivity index (χ3n) is 1.07. The molecular weight excluding hydrogens is 180 g/mol. The van der Waals surface area contributed by atoms with Crippen LogP contribution in [0.2, 0.25) is 19.6 Å². The number of rotatable bonds is 2. The van der Waals surface area contributed by atoms with Gasteiger partial charge in [-0.15, -0.1) is 19.3 Å². The van der Waals surface area contributed by atoms with Crippen LogP contribution >= 0.6 is 0 Å². The average Bonchev–Trinajstić information content (AvgIpc) is 1.99. The first-order valence-electron chi connectivity index (χ1n) is 3.52. The third-order valence-corrected chi connectivity index (χ3v) is 5.96. The smallest absolute Gasteiger partial charge is 0.426 e.